The molecule has 0 aliphatic carbocycles. The molecule has 0 atom stereocenters. The van der Waals surface area contributed by atoms with Gasteiger partial charge in [0.15, 0.2) is 0 Å². The Morgan fingerprint density at radius 3 is 2.68 bits per heavy atom. The van der Waals surface area contributed by atoms with Gasteiger partial charge >= 0.3 is 5.97 Å². The normalized spacial score (nSPS) is 10.3. The van der Waals surface area contributed by atoms with Crippen LogP contribution in [0.5, 0.6) is 0 Å². The summed E-state index contributed by atoms with van der Waals surface area (Å²) in [5, 5.41) is 3.33. The Balaban J connectivity index is 2.56. The van der Waals surface area contributed by atoms with Crippen molar-refractivity contribution in [2.75, 3.05) is 18.5 Å². The molecule has 1 aromatic carbocycles. The van der Waals surface area contributed by atoms with Crippen LogP contribution in [0.3, 0.4) is 0 Å². The van der Waals surface area contributed by atoms with Crippen LogP contribution in [0, 0.1) is 0 Å². The number of unbranched alkanes of at least 4 members (excludes halogenated alkanes) is 2. The molecule has 1 aromatic rings. The van der Waals surface area contributed by atoms with Crippen molar-refractivity contribution in [1.29, 1.82) is 0 Å². The molecule has 0 unspecified atom stereocenters. The van der Waals surface area contributed by atoms with Crippen LogP contribution in [0.25, 0.3) is 0 Å². The molecular weight excluding hydrogens is 258 g/mol. The number of anilines is 1. The van der Waals surface area contributed by atoms with Crippen LogP contribution >= 0.6 is 12.6 Å². The molecule has 0 aromatic heterocycles. The highest BCUT2D eigenvalue weighted by Crippen LogP contribution is 2.22. The third kappa shape index (κ3) is 5.55. The highest BCUT2D eigenvalue weighted by atomic mass is 32.1. The number of rotatable bonds is 8. The maximum Gasteiger partial charge on any atom is 0.338 e. The number of ether oxygens (including phenoxy) is 1. The predicted octanol–water partition coefficient (Wildman–Crippen LogP) is 4.14. The maximum atomic E-state index is 11.7. The van der Waals surface area contributed by atoms with E-state index in [0.717, 1.165) is 30.0 Å². The van der Waals surface area contributed by atoms with E-state index >= 15 is 0 Å². The van der Waals surface area contributed by atoms with Crippen molar-refractivity contribution in [3.05, 3.63) is 23.8 Å². The van der Waals surface area contributed by atoms with Crippen LogP contribution in [0.15, 0.2) is 23.1 Å². The molecule has 0 saturated heterocycles. The molecule has 4 heteroatoms. The van der Waals surface area contributed by atoms with Crippen molar-refractivity contribution in [2.45, 2.75) is 44.4 Å². The minimum absolute atomic E-state index is 0.283. The highest BCUT2D eigenvalue weighted by molar-refractivity contribution is 7.80. The number of esters is 1. The van der Waals surface area contributed by atoms with Crippen molar-refractivity contribution < 1.29 is 9.53 Å². The van der Waals surface area contributed by atoms with Gasteiger partial charge in [-0.25, -0.2) is 4.79 Å². The van der Waals surface area contributed by atoms with E-state index in [2.05, 4.69) is 24.9 Å². The summed E-state index contributed by atoms with van der Waals surface area (Å²) in [6.07, 6.45) is 4.40. The number of nitrogens with one attached hydrogen (secondary N) is 1. The molecule has 1 rings (SSSR count). The van der Waals surface area contributed by atoms with Crippen molar-refractivity contribution in [3.8, 4) is 0 Å². The summed E-state index contributed by atoms with van der Waals surface area (Å²) >= 11 is 4.41. The highest BCUT2D eigenvalue weighted by Gasteiger charge is 2.08. The zero-order valence-corrected chi connectivity index (χ0v) is 12.6. The van der Waals surface area contributed by atoms with Crippen LogP contribution in [-0.4, -0.2) is 19.1 Å². The minimum Gasteiger partial charge on any atom is -0.462 e. The zero-order chi connectivity index (χ0) is 14.1. The third-order valence-electron chi connectivity index (χ3n) is 2.77. The predicted molar refractivity (Wildman–Crippen MR) is 82.3 cm³/mol. The van der Waals surface area contributed by atoms with E-state index in [1.165, 1.54) is 12.8 Å². The van der Waals surface area contributed by atoms with Crippen molar-refractivity contribution in [3.63, 3.8) is 0 Å². The number of hydrogen-bond acceptors (Lipinski definition) is 4. The molecule has 0 radical (unpaired) electrons. The van der Waals surface area contributed by atoms with Gasteiger partial charge in [-0.1, -0.05) is 26.7 Å². The van der Waals surface area contributed by atoms with Crippen LogP contribution in [0.1, 0.15) is 49.9 Å². The fourth-order valence-electron chi connectivity index (χ4n) is 1.68. The van der Waals surface area contributed by atoms with E-state index in [0.29, 0.717) is 12.2 Å². The number of carbonyl (C=O) groups is 1. The standard InChI is InChI=1S/C15H23NO2S/c1-3-5-6-9-16-13-8-7-12(11-14(13)19)15(17)18-10-4-2/h7-8,11,16,19H,3-6,9-10H2,1-2H3. The van der Waals surface area contributed by atoms with Gasteiger partial charge in [0.1, 0.15) is 0 Å². The van der Waals surface area contributed by atoms with E-state index in [4.69, 9.17) is 4.74 Å². The Morgan fingerprint density at radius 1 is 1.26 bits per heavy atom. The van der Waals surface area contributed by atoms with Crippen molar-refractivity contribution in [2.24, 2.45) is 0 Å². The van der Waals surface area contributed by atoms with E-state index < -0.39 is 0 Å². The summed E-state index contributed by atoms with van der Waals surface area (Å²) in [5.74, 6) is -0.283. The first-order chi connectivity index (χ1) is 9.19. The first-order valence-corrected chi connectivity index (χ1v) is 7.37. The first-order valence-electron chi connectivity index (χ1n) is 6.93. The molecule has 0 saturated carbocycles. The van der Waals surface area contributed by atoms with Gasteiger partial charge in [0, 0.05) is 17.1 Å². The molecule has 3 nitrogen and oxygen atoms in total. The smallest absolute Gasteiger partial charge is 0.338 e. The second kappa shape index (κ2) is 8.86. The topological polar surface area (TPSA) is 38.3 Å². The molecular formula is C15H23NO2S. The third-order valence-corrected chi connectivity index (χ3v) is 3.14. The second-order valence-corrected chi connectivity index (χ2v) is 4.98. The molecule has 0 spiro atoms. The molecule has 0 aliphatic heterocycles. The average molecular weight is 281 g/mol. The van der Waals surface area contributed by atoms with E-state index in [1.807, 2.05) is 13.0 Å². The van der Waals surface area contributed by atoms with Crippen LogP contribution in [0.4, 0.5) is 5.69 Å². The second-order valence-electron chi connectivity index (χ2n) is 4.50. The lowest BCUT2D eigenvalue weighted by molar-refractivity contribution is 0.0505. The van der Waals surface area contributed by atoms with Gasteiger partial charge < -0.3 is 10.1 Å². The summed E-state index contributed by atoms with van der Waals surface area (Å²) in [6.45, 7) is 5.54. The van der Waals surface area contributed by atoms with E-state index in [-0.39, 0.29) is 5.97 Å². The van der Waals surface area contributed by atoms with Crippen molar-refractivity contribution >= 4 is 24.3 Å². The number of carbonyl (C=O) groups excluding carboxylic acids is 1. The molecule has 0 fully saturated rings. The SMILES string of the molecule is CCCCCNc1ccc(C(=O)OCCC)cc1S. The monoisotopic (exact) mass is 281 g/mol. The largest absolute Gasteiger partial charge is 0.462 e. The Labute approximate surface area is 121 Å². The number of thiol groups is 1. The Hall–Kier alpha value is -1.16. The van der Waals surface area contributed by atoms with Gasteiger partial charge in [0.2, 0.25) is 0 Å². The summed E-state index contributed by atoms with van der Waals surface area (Å²) in [4.78, 5) is 12.5. The van der Waals surface area contributed by atoms with Crippen molar-refractivity contribution in [1.82, 2.24) is 0 Å². The lowest BCUT2D eigenvalue weighted by atomic mass is 10.2. The molecule has 0 aliphatic rings. The van der Waals surface area contributed by atoms with Crippen LogP contribution in [0.2, 0.25) is 0 Å². The van der Waals surface area contributed by atoms with Gasteiger partial charge in [-0.15, -0.1) is 12.6 Å². The summed E-state index contributed by atoms with van der Waals surface area (Å²) in [6, 6.07) is 5.42. The fraction of sp³-hybridized carbons (Fsp3) is 0.533. The average Bonchev–Trinajstić information content (AvgIpc) is 2.42. The summed E-state index contributed by atoms with van der Waals surface area (Å²) in [7, 11) is 0. The maximum absolute atomic E-state index is 11.7. The van der Waals surface area contributed by atoms with Gasteiger partial charge in [0.05, 0.1) is 12.2 Å². The number of benzene rings is 1. The molecule has 0 bridgehead atoms. The zero-order valence-electron chi connectivity index (χ0n) is 11.7. The fourth-order valence-corrected chi connectivity index (χ4v) is 1.98. The van der Waals surface area contributed by atoms with Gasteiger partial charge in [-0.2, -0.15) is 0 Å². The van der Waals surface area contributed by atoms with E-state index in [9.17, 15) is 4.79 Å². The molecule has 0 heterocycles. The Kier molecular flexibility index (Phi) is 7.41. The van der Waals surface area contributed by atoms with Crippen LogP contribution in [-0.2, 0) is 4.74 Å². The van der Waals surface area contributed by atoms with Gasteiger partial charge in [0.25, 0.3) is 0 Å². The lowest BCUT2D eigenvalue weighted by Crippen LogP contribution is -2.07. The molecule has 1 N–H and O–H groups in total. The van der Waals surface area contributed by atoms with Gasteiger partial charge in [-0.05, 0) is 31.0 Å². The quantitative estimate of drug-likeness (QED) is 0.427. The minimum atomic E-state index is -0.283. The number of hydrogen-bond donors (Lipinski definition) is 2. The lowest BCUT2D eigenvalue weighted by Gasteiger charge is -2.10. The summed E-state index contributed by atoms with van der Waals surface area (Å²) in [5.41, 5.74) is 1.52. The Bertz CT molecular complexity index is 407. The molecule has 0 amide bonds. The molecule has 106 valence electrons. The van der Waals surface area contributed by atoms with Gasteiger partial charge in [-0.3, -0.25) is 0 Å². The Morgan fingerprint density at radius 2 is 2.05 bits per heavy atom. The van der Waals surface area contributed by atoms with Crippen LogP contribution < -0.4 is 5.32 Å². The first kappa shape index (κ1) is 15.9. The summed E-state index contributed by atoms with van der Waals surface area (Å²) < 4.78 is 5.09. The molecule has 19 heavy (non-hydrogen) atoms. The van der Waals surface area contributed by atoms with E-state index in [1.54, 1.807) is 12.1 Å².